The summed E-state index contributed by atoms with van der Waals surface area (Å²) in [5.41, 5.74) is 6.54. The maximum Gasteiger partial charge on any atom is 0.224 e. The highest BCUT2D eigenvalue weighted by atomic mass is 16.5. The van der Waals surface area contributed by atoms with Crippen LogP contribution in [0.3, 0.4) is 0 Å². The zero-order valence-corrected chi connectivity index (χ0v) is 26.1. The Morgan fingerprint density at radius 3 is 2.17 bits per heavy atom. The molecule has 0 unspecified atom stereocenters. The molecule has 0 bridgehead atoms. The number of hydrogen-bond donors (Lipinski definition) is 5. The number of rotatable bonds is 10. The van der Waals surface area contributed by atoms with E-state index in [2.05, 4.69) is 51.5 Å². The number of aromatic nitrogens is 3. The minimum Gasteiger partial charge on any atom is -0.497 e. The molecule has 9 nitrogen and oxygen atoms in total. The SMILES string of the molecule is COc1ccc(CN(C(=N)CCc2c[nH]c3ccccc23)C(=N)CNC(=O)Cc2ccncc2)cc1.Cc1c[nH]c2ccccc12. The number of aryl methyl sites for hydroxylation is 2. The van der Waals surface area contributed by atoms with Crippen molar-refractivity contribution < 1.29 is 9.53 Å². The third-order valence-electron chi connectivity index (χ3n) is 7.82. The lowest BCUT2D eigenvalue weighted by Crippen LogP contribution is -2.42. The smallest absolute Gasteiger partial charge is 0.224 e. The van der Waals surface area contributed by atoms with Gasteiger partial charge in [0, 0.05) is 53.0 Å². The van der Waals surface area contributed by atoms with E-state index in [4.69, 9.17) is 15.6 Å². The van der Waals surface area contributed by atoms with Crippen LogP contribution in [-0.4, -0.2) is 51.1 Å². The predicted molar refractivity (Wildman–Crippen MR) is 185 cm³/mol. The first-order chi connectivity index (χ1) is 22.4. The number of pyridine rings is 1. The molecule has 0 saturated heterocycles. The van der Waals surface area contributed by atoms with Crippen LogP contribution in [0.5, 0.6) is 5.75 Å². The molecular formula is C37H39N7O2. The summed E-state index contributed by atoms with van der Waals surface area (Å²) in [6.07, 6.45) is 8.66. The molecule has 0 radical (unpaired) electrons. The second kappa shape index (κ2) is 15.3. The van der Waals surface area contributed by atoms with Crippen molar-refractivity contribution >= 4 is 39.4 Å². The number of carbonyl (C=O) groups excluding carboxylic acids is 1. The molecule has 0 aliphatic carbocycles. The summed E-state index contributed by atoms with van der Waals surface area (Å²) in [4.78, 5) is 24.5. The highest BCUT2D eigenvalue weighted by Gasteiger charge is 2.18. The van der Waals surface area contributed by atoms with Gasteiger partial charge in [0.2, 0.25) is 5.91 Å². The van der Waals surface area contributed by atoms with Crippen molar-refractivity contribution in [2.45, 2.75) is 32.7 Å². The number of aromatic amines is 2. The van der Waals surface area contributed by atoms with Crippen LogP contribution in [0.2, 0.25) is 0 Å². The molecule has 0 saturated carbocycles. The predicted octanol–water partition coefficient (Wildman–Crippen LogP) is 6.80. The van der Waals surface area contributed by atoms with Gasteiger partial charge in [-0.1, -0.05) is 48.5 Å². The van der Waals surface area contributed by atoms with E-state index in [-0.39, 0.29) is 24.7 Å². The van der Waals surface area contributed by atoms with Crippen LogP contribution in [-0.2, 0) is 24.2 Å². The molecular weight excluding hydrogens is 574 g/mol. The summed E-state index contributed by atoms with van der Waals surface area (Å²) in [5.74, 6) is 1.06. The molecule has 0 aliphatic rings. The monoisotopic (exact) mass is 613 g/mol. The van der Waals surface area contributed by atoms with Crippen molar-refractivity contribution in [2.24, 2.45) is 0 Å². The van der Waals surface area contributed by atoms with Crippen molar-refractivity contribution in [3.05, 3.63) is 132 Å². The first kappa shape index (κ1) is 31.7. The highest BCUT2D eigenvalue weighted by molar-refractivity contribution is 6.00. The Kier molecular flexibility index (Phi) is 10.6. The fourth-order valence-corrected chi connectivity index (χ4v) is 5.24. The average Bonchev–Trinajstić information content (AvgIpc) is 3.69. The minimum atomic E-state index is -0.180. The number of amidine groups is 2. The van der Waals surface area contributed by atoms with E-state index in [1.165, 1.54) is 16.5 Å². The average molecular weight is 614 g/mol. The number of methoxy groups -OCH3 is 1. The van der Waals surface area contributed by atoms with Gasteiger partial charge in [-0.15, -0.1) is 0 Å². The summed E-state index contributed by atoms with van der Waals surface area (Å²) < 4.78 is 5.25. The van der Waals surface area contributed by atoms with Gasteiger partial charge in [0.05, 0.1) is 26.6 Å². The molecule has 0 fully saturated rings. The largest absolute Gasteiger partial charge is 0.497 e. The molecule has 3 aromatic heterocycles. The quantitative estimate of drug-likeness (QED) is 0.0859. The first-order valence-corrected chi connectivity index (χ1v) is 15.2. The van der Waals surface area contributed by atoms with Crippen LogP contribution >= 0.6 is 0 Å². The Morgan fingerprint density at radius 1 is 0.826 bits per heavy atom. The van der Waals surface area contributed by atoms with Crippen molar-refractivity contribution in [1.29, 1.82) is 10.8 Å². The molecule has 3 aromatic carbocycles. The van der Waals surface area contributed by atoms with E-state index in [1.807, 2.05) is 60.9 Å². The maximum absolute atomic E-state index is 12.4. The number of hydrogen-bond acceptors (Lipinski definition) is 5. The van der Waals surface area contributed by atoms with E-state index in [9.17, 15) is 4.79 Å². The number of nitrogens with zero attached hydrogens (tertiary/aromatic N) is 2. The number of para-hydroxylation sites is 2. The van der Waals surface area contributed by atoms with Gasteiger partial charge in [-0.05, 0) is 72.0 Å². The molecule has 5 N–H and O–H groups in total. The molecule has 0 spiro atoms. The lowest BCUT2D eigenvalue weighted by atomic mass is 10.1. The van der Waals surface area contributed by atoms with Gasteiger partial charge in [-0.3, -0.25) is 20.6 Å². The molecule has 3 heterocycles. The zero-order valence-electron chi connectivity index (χ0n) is 26.1. The second-order valence-electron chi connectivity index (χ2n) is 11.0. The number of carbonyl (C=O) groups is 1. The highest BCUT2D eigenvalue weighted by Crippen LogP contribution is 2.20. The summed E-state index contributed by atoms with van der Waals surface area (Å²) in [5, 5.41) is 22.8. The number of amides is 1. The number of nitrogens with one attached hydrogen (secondary N) is 5. The molecule has 0 atom stereocenters. The molecule has 6 aromatic rings. The maximum atomic E-state index is 12.4. The van der Waals surface area contributed by atoms with Crippen LogP contribution in [0.25, 0.3) is 21.8 Å². The van der Waals surface area contributed by atoms with Crippen molar-refractivity contribution in [1.82, 2.24) is 25.2 Å². The summed E-state index contributed by atoms with van der Waals surface area (Å²) in [7, 11) is 1.62. The lowest BCUT2D eigenvalue weighted by molar-refractivity contribution is -0.120. The fourth-order valence-electron chi connectivity index (χ4n) is 5.24. The number of benzene rings is 3. The van der Waals surface area contributed by atoms with Crippen molar-refractivity contribution in [3.8, 4) is 5.75 Å². The van der Waals surface area contributed by atoms with Crippen molar-refractivity contribution in [3.63, 3.8) is 0 Å². The number of ether oxygens (including phenoxy) is 1. The Bertz CT molecular complexity index is 1910. The molecule has 1 amide bonds. The second-order valence-corrected chi connectivity index (χ2v) is 11.0. The fraction of sp³-hybridized carbons (Fsp3) is 0.189. The molecule has 0 aliphatic heterocycles. The van der Waals surface area contributed by atoms with Gasteiger partial charge in [-0.25, -0.2) is 0 Å². The van der Waals surface area contributed by atoms with Crippen LogP contribution in [0, 0.1) is 17.7 Å². The Labute approximate surface area is 268 Å². The van der Waals surface area contributed by atoms with E-state index >= 15 is 0 Å². The number of H-pyrrole nitrogens is 2. The van der Waals surface area contributed by atoms with Gasteiger partial charge >= 0.3 is 0 Å². The van der Waals surface area contributed by atoms with Gasteiger partial charge in [0.25, 0.3) is 0 Å². The van der Waals surface area contributed by atoms with E-state index < -0.39 is 0 Å². The topological polar surface area (TPSA) is 134 Å². The zero-order chi connectivity index (χ0) is 32.3. The van der Waals surface area contributed by atoms with Gasteiger partial charge < -0.3 is 24.9 Å². The van der Waals surface area contributed by atoms with Crippen LogP contribution in [0.1, 0.15) is 28.7 Å². The van der Waals surface area contributed by atoms with Crippen LogP contribution < -0.4 is 10.1 Å². The molecule has 6 rings (SSSR count). The van der Waals surface area contributed by atoms with Crippen LogP contribution in [0.15, 0.2) is 110 Å². The van der Waals surface area contributed by atoms with Gasteiger partial charge in [0.1, 0.15) is 17.4 Å². The standard InChI is InChI=1S/C28H30N6O2.C9H9N/c1-36-23-9-6-21(7-10-23)19-34(27(30)18-33-28(35)16-20-12-14-31-15-13-20)26(29)11-8-22-17-32-25-5-3-2-4-24(22)25;1-7-6-10-9-5-3-2-4-8(7)9/h2-7,9-10,12-15,17,29-30,32H,8,11,16,18-19H2,1H3,(H,33,35);2-6,10H,1H3. The summed E-state index contributed by atoms with van der Waals surface area (Å²) in [6.45, 7) is 2.50. The lowest BCUT2D eigenvalue weighted by Gasteiger charge is -2.26. The van der Waals surface area contributed by atoms with Crippen molar-refractivity contribution in [2.75, 3.05) is 13.7 Å². The van der Waals surface area contributed by atoms with E-state index in [0.29, 0.717) is 25.2 Å². The third kappa shape index (κ3) is 8.26. The Balaban J connectivity index is 0.000000350. The summed E-state index contributed by atoms with van der Waals surface area (Å²) in [6, 6.07) is 27.6. The normalized spacial score (nSPS) is 10.7. The Hall–Kier alpha value is -5.70. The van der Waals surface area contributed by atoms with Gasteiger partial charge in [0.15, 0.2) is 0 Å². The van der Waals surface area contributed by atoms with E-state index in [0.717, 1.165) is 33.3 Å². The minimum absolute atomic E-state index is 0.0372. The molecule has 234 valence electrons. The van der Waals surface area contributed by atoms with E-state index in [1.54, 1.807) is 36.5 Å². The third-order valence-corrected chi connectivity index (χ3v) is 7.82. The number of fused-ring (bicyclic) bond motifs is 2. The summed E-state index contributed by atoms with van der Waals surface area (Å²) >= 11 is 0. The Morgan fingerprint density at radius 2 is 1.48 bits per heavy atom. The first-order valence-electron chi connectivity index (χ1n) is 15.2. The molecule has 9 heteroatoms. The van der Waals surface area contributed by atoms with Gasteiger partial charge in [-0.2, -0.15) is 0 Å². The molecule has 46 heavy (non-hydrogen) atoms. The van der Waals surface area contributed by atoms with Crippen LogP contribution in [0.4, 0.5) is 0 Å².